The molecule has 2 N–H and O–H groups in total. The Bertz CT molecular complexity index is 357. The molecule has 1 amide bonds. The molecule has 2 bridgehead atoms. The van der Waals surface area contributed by atoms with Crippen molar-refractivity contribution in [2.24, 2.45) is 16.7 Å². The van der Waals surface area contributed by atoms with Crippen molar-refractivity contribution >= 4 is 5.91 Å². The quantitative estimate of drug-likeness (QED) is 0.809. The van der Waals surface area contributed by atoms with Crippen LogP contribution in [-0.2, 0) is 4.79 Å². The molecule has 3 atom stereocenters. The first-order valence-electron chi connectivity index (χ1n) is 7.13. The second-order valence-corrected chi connectivity index (χ2v) is 7.70. The summed E-state index contributed by atoms with van der Waals surface area (Å²) in [5.41, 5.74) is 0.0361. The molecule has 3 nitrogen and oxygen atoms in total. The summed E-state index contributed by atoms with van der Waals surface area (Å²) >= 11 is 0. The van der Waals surface area contributed by atoms with E-state index in [0.29, 0.717) is 11.5 Å². The number of hydrogen-bond donors (Lipinski definition) is 2. The molecule has 0 radical (unpaired) electrons. The van der Waals surface area contributed by atoms with Crippen LogP contribution in [0.3, 0.4) is 0 Å². The monoisotopic (exact) mass is 252 g/mol. The van der Waals surface area contributed by atoms with Gasteiger partial charge in [0.05, 0.1) is 5.54 Å². The van der Waals surface area contributed by atoms with Crippen LogP contribution in [0.1, 0.15) is 53.9 Å². The van der Waals surface area contributed by atoms with E-state index < -0.39 is 5.54 Å². The van der Waals surface area contributed by atoms with Gasteiger partial charge in [0.15, 0.2) is 0 Å². The molecule has 0 aromatic carbocycles. The number of rotatable bonds is 3. The van der Waals surface area contributed by atoms with Crippen molar-refractivity contribution in [2.45, 2.75) is 65.5 Å². The number of likely N-dealkylation sites (N-methyl/N-ethyl adjacent to an activating group) is 1. The predicted octanol–water partition coefficient (Wildman–Crippen LogP) is 2.32. The fourth-order valence-corrected chi connectivity index (χ4v) is 4.09. The zero-order chi connectivity index (χ0) is 13.8. The van der Waals surface area contributed by atoms with Crippen molar-refractivity contribution in [3.63, 3.8) is 0 Å². The second-order valence-electron chi connectivity index (χ2n) is 7.70. The molecular formula is C15H28N2O. The van der Waals surface area contributed by atoms with Crippen molar-refractivity contribution in [1.29, 1.82) is 0 Å². The van der Waals surface area contributed by atoms with Gasteiger partial charge in [0, 0.05) is 6.04 Å². The van der Waals surface area contributed by atoms with E-state index in [4.69, 9.17) is 0 Å². The molecule has 0 heterocycles. The molecule has 2 saturated carbocycles. The molecule has 0 aromatic heterocycles. The zero-order valence-electron chi connectivity index (χ0n) is 12.7. The number of carbonyl (C=O) groups is 1. The maximum absolute atomic E-state index is 12.4. The molecule has 0 aromatic rings. The Hall–Kier alpha value is -0.570. The average Bonchev–Trinajstić information content (AvgIpc) is 2.75. The number of amides is 1. The van der Waals surface area contributed by atoms with Crippen LogP contribution in [0.2, 0.25) is 0 Å². The molecular weight excluding hydrogens is 224 g/mol. The normalized spacial score (nSPS) is 37.9. The number of fused-ring (bicyclic) bond motifs is 2. The average molecular weight is 252 g/mol. The van der Waals surface area contributed by atoms with E-state index in [1.54, 1.807) is 0 Å². The molecule has 2 aliphatic rings. The standard InChI is InChI=1S/C15H28N2O/c1-13(2)10-7-8-15(5,9-10)11(13)17-12(18)14(3,4)16-6/h10-11,16H,7-9H2,1-6H3,(H,17,18). The molecule has 2 fully saturated rings. The molecule has 3 heteroatoms. The van der Waals surface area contributed by atoms with Crippen molar-refractivity contribution in [3.8, 4) is 0 Å². The SMILES string of the molecule is CNC(C)(C)C(=O)NC1C2(C)CCC(C2)C1(C)C. The molecule has 0 aliphatic heterocycles. The number of hydrogen-bond acceptors (Lipinski definition) is 2. The molecule has 2 aliphatic carbocycles. The van der Waals surface area contributed by atoms with Crippen molar-refractivity contribution < 1.29 is 4.79 Å². The summed E-state index contributed by atoms with van der Waals surface area (Å²) in [7, 11) is 1.84. The van der Waals surface area contributed by atoms with E-state index in [2.05, 4.69) is 31.4 Å². The highest BCUT2D eigenvalue weighted by Gasteiger charge is 2.60. The molecule has 3 unspecified atom stereocenters. The van der Waals surface area contributed by atoms with Crippen LogP contribution in [0.15, 0.2) is 0 Å². The molecule has 0 spiro atoms. The summed E-state index contributed by atoms with van der Waals surface area (Å²) in [4.78, 5) is 12.4. The van der Waals surface area contributed by atoms with E-state index >= 15 is 0 Å². The van der Waals surface area contributed by atoms with Gasteiger partial charge in [0.1, 0.15) is 0 Å². The third-order valence-corrected chi connectivity index (χ3v) is 5.74. The van der Waals surface area contributed by atoms with Crippen LogP contribution in [0.25, 0.3) is 0 Å². The number of carbonyl (C=O) groups excluding carboxylic acids is 1. The summed E-state index contributed by atoms with van der Waals surface area (Å²) in [5.74, 6) is 0.891. The minimum atomic E-state index is -0.492. The van der Waals surface area contributed by atoms with Crippen LogP contribution in [0, 0.1) is 16.7 Å². The molecule has 0 saturated heterocycles. The Kier molecular flexibility index (Phi) is 3.05. The second kappa shape index (κ2) is 3.96. The van der Waals surface area contributed by atoms with Gasteiger partial charge < -0.3 is 10.6 Å². The molecule has 18 heavy (non-hydrogen) atoms. The molecule has 104 valence electrons. The van der Waals surface area contributed by atoms with Gasteiger partial charge in [-0.25, -0.2) is 0 Å². The summed E-state index contributed by atoms with van der Waals surface area (Å²) in [6, 6.07) is 0.309. The fraction of sp³-hybridized carbons (Fsp3) is 0.933. The van der Waals surface area contributed by atoms with E-state index in [1.165, 1.54) is 19.3 Å². The zero-order valence-corrected chi connectivity index (χ0v) is 12.7. The molecule has 2 rings (SSSR count). The van der Waals surface area contributed by atoms with Gasteiger partial charge in [0.25, 0.3) is 0 Å². The highest BCUT2D eigenvalue weighted by molar-refractivity contribution is 5.85. The fourth-order valence-electron chi connectivity index (χ4n) is 4.09. The Labute approximate surface area is 111 Å². The van der Waals surface area contributed by atoms with Crippen molar-refractivity contribution in [3.05, 3.63) is 0 Å². The van der Waals surface area contributed by atoms with Gasteiger partial charge in [0.2, 0.25) is 5.91 Å². The van der Waals surface area contributed by atoms with Crippen LogP contribution in [0.4, 0.5) is 0 Å². The summed E-state index contributed by atoms with van der Waals surface area (Å²) in [6.45, 7) is 10.9. The lowest BCUT2D eigenvalue weighted by molar-refractivity contribution is -0.129. The van der Waals surface area contributed by atoms with Crippen LogP contribution >= 0.6 is 0 Å². The summed E-state index contributed by atoms with van der Waals surface area (Å²) < 4.78 is 0. The van der Waals surface area contributed by atoms with Gasteiger partial charge in [-0.1, -0.05) is 20.8 Å². The maximum atomic E-state index is 12.4. The lowest BCUT2D eigenvalue weighted by Gasteiger charge is -2.44. The van der Waals surface area contributed by atoms with Crippen molar-refractivity contribution in [2.75, 3.05) is 7.05 Å². The van der Waals surface area contributed by atoms with E-state index in [1.807, 2.05) is 20.9 Å². The van der Waals surface area contributed by atoms with E-state index in [-0.39, 0.29) is 11.3 Å². The van der Waals surface area contributed by atoms with Crippen LogP contribution in [-0.4, -0.2) is 24.5 Å². The first kappa shape index (κ1) is 13.9. The maximum Gasteiger partial charge on any atom is 0.239 e. The van der Waals surface area contributed by atoms with Crippen LogP contribution in [0.5, 0.6) is 0 Å². The van der Waals surface area contributed by atoms with Gasteiger partial charge in [-0.3, -0.25) is 4.79 Å². The Morgan fingerprint density at radius 3 is 2.33 bits per heavy atom. The van der Waals surface area contributed by atoms with Gasteiger partial charge >= 0.3 is 0 Å². The first-order valence-corrected chi connectivity index (χ1v) is 7.13. The summed E-state index contributed by atoms with van der Waals surface area (Å²) in [6.07, 6.45) is 3.85. The minimum Gasteiger partial charge on any atom is -0.351 e. The van der Waals surface area contributed by atoms with Gasteiger partial charge in [-0.15, -0.1) is 0 Å². The smallest absolute Gasteiger partial charge is 0.239 e. The highest BCUT2D eigenvalue weighted by atomic mass is 16.2. The lowest BCUT2D eigenvalue weighted by atomic mass is 9.68. The Morgan fingerprint density at radius 1 is 1.28 bits per heavy atom. The van der Waals surface area contributed by atoms with E-state index in [0.717, 1.165) is 5.92 Å². The lowest BCUT2D eigenvalue weighted by Crippen LogP contribution is -2.59. The van der Waals surface area contributed by atoms with Gasteiger partial charge in [-0.2, -0.15) is 0 Å². The highest BCUT2D eigenvalue weighted by Crippen LogP contribution is 2.62. The predicted molar refractivity (Wildman–Crippen MR) is 74.3 cm³/mol. The Balaban J connectivity index is 2.17. The number of nitrogens with one attached hydrogen (secondary N) is 2. The van der Waals surface area contributed by atoms with Crippen LogP contribution < -0.4 is 10.6 Å². The third kappa shape index (κ3) is 1.87. The minimum absolute atomic E-state index is 0.122. The van der Waals surface area contributed by atoms with E-state index in [9.17, 15) is 4.79 Å². The topological polar surface area (TPSA) is 41.1 Å². The Morgan fingerprint density at radius 2 is 1.89 bits per heavy atom. The third-order valence-electron chi connectivity index (χ3n) is 5.74. The summed E-state index contributed by atoms with van der Waals surface area (Å²) in [5, 5.41) is 6.42. The van der Waals surface area contributed by atoms with Gasteiger partial charge in [-0.05, 0) is 56.9 Å². The largest absolute Gasteiger partial charge is 0.351 e. The first-order chi connectivity index (χ1) is 8.13. The van der Waals surface area contributed by atoms with Crippen molar-refractivity contribution in [1.82, 2.24) is 10.6 Å².